The van der Waals surface area contributed by atoms with E-state index in [-0.39, 0.29) is 5.75 Å². The molecule has 0 atom stereocenters. The van der Waals surface area contributed by atoms with Crippen LogP contribution in [-0.4, -0.2) is 68.5 Å². The first-order valence-corrected chi connectivity index (χ1v) is 8.61. The molecular weight excluding hydrogens is 306 g/mol. The lowest BCUT2D eigenvalue weighted by Crippen LogP contribution is -2.53. The zero-order valence-electron chi connectivity index (χ0n) is 12.6. The summed E-state index contributed by atoms with van der Waals surface area (Å²) in [5.74, 6) is 0.626. The lowest BCUT2D eigenvalue weighted by atomic mass is 10.4. The van der Waals surface area contributed by atoms with Crippen LogP contribution in [0.1, 0.15) is 5.69 Å². The Labute approximate surface area is 130 Å². The Hall–Kier alpha value is -1.87. The Morgan fingerprint density at radius 1 is 1.50 bits per heavy atom. The fraction of sp³-hybridized carbons (Fsp3) is 0.538. The van der Waals surface area contributed by atoms with Gasteiger partial charge in [-0.1, -0.05) is 11.2 Å². The summed E-state index contributed by atoms with van der Waals surface area (Å²) in [6.45, 7) is 6.31. The summed E-state index contributed by atoms with van der Waals surface area (Å²) >= 11 is 0. The van der Waals surface area contributed by atoms with Crippen molar-refractivity contribution in [2.45, 2.75) is 5.75 Å². The lowest BCUT2D eigenvalue weighted by molar-refractivity contribution is 0.260. The van der Waals surface area contributed by atoms with Crippen LogP contribution in [0.5, 0.6) is 0 Å². The number of hydrogen-bond donors (Lipinski definition) is 1. The van der Waals surface area contributed by atoms with Gasteiger partial charge in [0, 0.05) is 45.8 Å². The van der Waals surface area contributed by atoms with Gasteiger partial charge in [-0.3, -0.25) is 4.99 Å². The molecule has 8 nitrogen and oxygen atoms in total. The van der Waals surface area contributed by atoms with E-state index < -0.39 is 10.0 Å². The summed E-state index contributed by atoms with van der Waals surface area (Å²) < 4.78 is 30.8. The molecule has 1 aromatic rings. The Morgan fingerprint density at radius 3 is 2.77 bits per heavy atom. The van der Waals surface area contributed by atoms with E-state index in [0.717, 1.165) is 5.96 Å². The Balaban J connectivity index is 1.92. The maximum Gasteiger partial charge on any atom is 0.220 e. The largest absolute Gasteiger partial charge is 0.364 e. The van der Waals surface area contributed by atoms with E-state index >= 15 is 0 Å². The molecule has 9 heteroatoms. The molecule has 0 aliphatic carbocycles. The third-order valence-electron chi connectivity index (χ3n) is 3.37. The second kappa shape index (κ2) is 7.41. The van der Waals surface area contributed by atoms with Gasteiger partial charge >= 0.3 is 0 Å². The average Bonchev–Trinajstić information content (AvgIpc) is 3.01. The molecule has 0 unspecified atom stereocenters. The standard InChI is InChI=1S/C13H21N5O3S/c1-3-5-15-13(14-2)17-6-8-18(9-7-17)22(19,20)11-12-4-10-21-16-12/h3-4,10H,1,5-9,11H2,2H3,(H,14,15). The summed E-state index contributed by atoms with van der Waals surface area (Å²) in [7, 11) is -1.66. The molecule has 0 aromatic carbocycles. The fourth-order valence-electron chi connectivity index (χ4n) is 2.26. The first-order chi connectivity index (χ1) is 10.6. The molecule has 0 bridgehead atoms. The van der Waals surface area contributed by atoms with Crippen molar-refractivity contribution in [3.63, 3.8) is 0 Å². The van der Waals surface area contributed by atoms with Crippen molar-refractivity contribution >= 4 is 16.0 Å². The van der Waals surface area contributed by atoms with Crippen LogP contribution >= 0.6 is 0 Å². The molecule has 0 radical (unpaired) electrons. The number of nitrogens with one attached hydrogen (secondary N) is 1. The van der Waals surface area contributed by atoms with Gasteiger partial charge in [0.1, 0.15) is 12.0 Å². The molecule has 1 aliphatic heterocycles. The molecule has 1 saturated heterocycles. The normalized spacial score (nSPS) is 17.5. The highest BCUT2D eigenvalue weighted by molar-refractivity contribution is 7.88. The van der Waals surface area contributed by atoms with Crippen LogP contribution < -0.4 is 5.32 Å². The summed E-state index contributed by atoms with van der Waals surface area (Å²) in [4.78, 5) is 6.22. The van der Waals surface area contributed by atoms with Crippen LogP contribution in [0, 0.1) is 0 Å². The van der Waals surface area contributed by atoms with Crippen molar-refractivity contribution in [2.24, 2.45) is 4.99 Å². The topological polar surface area (TPSA) is 91.0 Å². The fourth-order valence-corrected chi connectivity index (χ4v) is 3.69. The van der Waals surface area contributed by atoms with Crippen LogP contribution in [-0.2, 0) is 15.8 Å². The van der Waals surface area contributed by atoms with Crippen molar-refractivity contribution in [1.82, 2.24) is 19.7 Å². The van der Waals surface area contributed by atoms with E-state index in [0.29, 0.717) is 38.4 Å². The minimum atomic E-state index is -3.37. The highest BCUT2D eigenvalue weighted by atomic mass is 32.2. The summed E-state index contributed by atoms with van der Waals surface area (Å²) in [5.41, 5.74) is 0.422. The maximum absolute atomic E-state index is 12.3. The van der Waals surface area contributed by atoms with Gasteiger partial charge in [0.25, 0.3) is 0 Å². The highest BCUT2D eigenvalue weighted by Crippen LogP contribution is 2.12. The first kappa shape index (κ1) is 16.5. The van der Waals surface area contributed by atoms with E-state index in [1.807, 2.05) is 4.90 Å². The van der Waals surface area contributed by atoms with E-state index in [1.54, 1.807) is 19.2 Å². The maximum atomic E-state index is 12.3. The third-order valence-corrected chi connectivity index (χ3v) is 5.18. The number of aliphatic imine (C=N–C) groups is 1. The van der Waals surface area contributed by atoms with Gasteiger partial charge in [0.2, 0.25) is 10.0 Å². The molecule has 1 fully saturated rings. The van der Waals surface area contributed by atoms with Gasteiger partial charge in [0.05, 0.1) is 5.69 Å². The monoisotopic (exact) mass is 327 g/mol. The average molecular weight is 327 g/mol. The van der Waals surface area contributed by atoms with Gasteiger partial charge in [-0.05, 0) is 0 Å². The summed E-state index contributed by atoms with van der Waals surface area (Å²) in [5, 5.41) is 6.80. The summed E-state index contributed by atoms with van der Waals surface area (Å²) in [6.07, 6.45) is 3.13. The number of piperazine rings is 1. The van der Waals surface area contributed by atoms with Crippen molar-refractivity contribution in [1.29, 1.82) is 0 Å². The Kier molecular flexibility index (Phi) is 5.56. The zero-order chi connectivity index (χ0) is 16.0. The summed E-state index contributed by atoms with van der Waals surface area (Å²) in [6, 6.07) is 1.56. The van der Waals surface area contributed by atoms with Gasteiger partial charge in [-0.2, -0.15) is 4.31 Å². The number of sulfonamides is 1. The van der Waals surface area contributed by atoms with Crippen LogP contribution in [0.15, 0.2) is 34.5 Å². The third kappa shape index (κ3) is 4.08. The highest BCUT2D eigenvalue weighted by Gasteiger charge is 2.28. The second-order valence-corrected chi connectivity index (χ2v) is 6.82. The lowest BCUT2D eigenvalue weighted by Gasteiger charge is -2.35. The van der Waals surface area contributed by atoms with Gasteiger partial charge in [0.15, 0.2) is 5.96 Å². The van der Waals surface area contributed by atoms with E-state index in [9.17, 15) is 8.42 Å². The molecule has 1 aliphatic rings. The van der Waals surface area contributed by atoms with E-state index in [1.165, 1.54) is 10.6 Å². The number of hydrogen-bond acceptors (Lipinski definition) is 5. The SMILES string of the molecule is C=CCNC(=NC)N1CCN(S(=O)(=O)Cc2ccon2)CC1. The van der Waals surface area contributed by atoms with Crippen molar-refractivity contribution < 1.29 is 12.9 Å². The number of aromatic nitrogens is 1. The van der Waals surface area contributed by atoms with Gasteiger partial charge < -0.3 is 14.7 Å². The van der Waals surface area contributed by atoms with Crippen LogP contribution in [0.2, 0.25) is 0 Å². The number of nitrogens with zero attached hydrogens (tertiary/aromatic N) is 4. The Morgan fingerprint density at radius 2 is 2.23 bits per heavy atom. The molecule has 0 spiro atoms. The predicted molar refractivity (Wildman–Crippen MR) is 83.8 cm³/mol. The van der Waals surface area contributed by atoms with Gasteiger partial charge in [-0.25, -0.2) is 8.42 Å². The zero-order valence-corrected chi connectivity index (χ0v) is 13.4. The van der Waals surface area contributed by atoms with Crippen molar-refractivity contribution in [3.8, 4) is 0 Å². The molecule has 2 heterocycles. The van der Waals surface area contributed by atoms with Crippen LogP contribution in [0.3, 0.4) is 0 Å². The quantitative estimate of drug-likeness (QED) is 0.461. The van der Waals surface area contributed by atoms with Crippen LogP contribution in [0.4, 0.5) is 0 Å². The molecular formula is C13H21N5O3S. The van der Waals surface area contributed by atoms with Crippen molar-refractivity contribution in [3.05, 3.63) is 30.7 Å². The molecule has 122 valence electrons. The number of guanidine groups is 1. The smallest absolute Gasteiger partial charge is 0.220 e. The molecule has 2 rings (SSSR count). The molecule has 0 amide bonds. The van der Waals surface area contributed by atoms with Crippen molar-refractivity contribution in [2.75, 3.05) is 39.8 Å². The Bertz CT molecular complexity index is 604. The molecule has 1 N–H and O–H groups in total. The molecule has 22 heavy (non-hydrogen) atoms. The van der Waals surface area contributed by atoms with E-state index in [4.69, 9.17) is 0 Å². The minimum Gasteiger partial charge on any atom is -0.364 e. The first-order valence-electron chi connectivity index (χ1n) is 7.00. The van der Waals surface area contributed by atoms with Crippen LogP contribution in [0.25, 0.3) is 0 Å². The minimum absolute atomic E-state index is 0.132. The van der Waals surface area contributed by atoms with E-state index in [2.05, 4.69) is 26.6 Å². The predicted octanol–water partition coefficient (Wildman–Crippen LogP) is -0.117. The molecule has 1 aromatic heterocycles. The number of rotatable bonds is 5. The van der Waals surface area contributed by atoms with Gasteiger partial charge in [-0.15, -0.1) is 6.58 Å². The molecule has 0 saturated carbocycles. The second-order valence-electron chi connectivity index (χ2n) is 4.85.